The molecule has 2 N–H and O–H groups in total. The van der Waals surface area contributed by atoms with Crippen LogP contribution in [0.1, 0.15) is 5.69 Å². The standard InChI is InChI=1S/C13H13ClN6O2/c1-19(5-8-4-15-7-16-8)12-11-9(17-13(14)18-12)2-3-20(11)6-10(21)22/h2-4,7H,5-6H2,1H3,(H,15,16)(H,21,22). The van der Waals surface area contributed by atoms with Crippen LogP contribution in [0.2, 0.25) is 5.28 Å². The van der Waals surface area contributed by atoms with Crippen molar-refractivity contribution in [1.82, 2.24) is 24.5 Å². The van der Waals surface area contributed by atoms with Gasteiger partial charge in [0.15, 0.2) is 5.82 Å². The van der Waals surface area contributed by atoms with E-state index in [2.05, 4.69) is 19.9 Å². The van der Waals surface area contributed by atoms with E-state index < -0.39 is 5.97 Å². The SMILES string of the molecule is CN(Cc1cnc[nH]1)c1nc(Cl)nc2ccn(CC(=O)O)c12. The molecule has 8 nitrogen and oxygen atoms in total. The topological polar surface area (TPSA) is 99.9 Å². The van der Waals surface area contributed by atoms with Gasteiger partial charge in [0, 0.05) is 19.4 Å². The lowest BCUT2D eigenvalue weighted by Gasteiger charge is -2.19. The Hall–Kier alpha value is -2.61. The van der Waals surface area contributed by atoms with Gasteiger partial charge in [-0.2, -0.15) is 4.98 Å². The van der Waals surface area contributed by atoms with Gasteiger partial charge in [0.2, 0.25) is 5.28 Å². The van der Waals surface area contributed by atoms with Gasteiger partial charge in [-0.25, -0.2) is 9.97 Å². The largest absolute Gasteiger partial charge is 0.480 e. The first-order valence-electron chi connectivity index (χ1n) is 6.47. The zero-order chi connectivity index (χ0) is 15.7. The summed E-state index contributed by atoms with van der Waals surface area (Å²) in [6.07, 6.45) is 4.98. The molecule has 0 aromatic carbocycles. The maximum absolute atomic E-state index is 11.0. The second kappa shape index (κ2) is 5.64. The number of imidazole rings is 1. The third kappa shape index (κ3) is 2.73. The Morgan fingerprint density at radius 2 is 2.32 bits per heavy atom. The van der Waals surface area contributed by atoms with Gasteiger partial charge in [0.1, 0.15) is 12.1 Å². The predicted molar refractivity (Wildman–Crippen MR) is 80.9 cm³/mol. The molecule has 0 fully saturated rings. The van der Waals surface area contributed by atoms with Gasteiger partial charge in [-0.05, 0) is 17.7 Å². The monoisotopic (exact) mass is 320 g/mol. The van der Waals surface area contributed by atoms with Crippen molar-refractivity contribution >= 4 is 34.4 Å². The van der Waals surface area contributed by atoms with E-state index >= 15 is 0 Å². The van der Waals surface area contributed by atoms with Gasteiger partial charge in [-0.15, -0.1) is 0 Å². The van der Waals surface area contributed by atoms with Crippen molar-refractivity contribution in [3.05, 3.63) is 35.8 Å². The highest BCUT2D eigenvalue weighted by Gasteiger charge is 2.16. The first kappa shape index (κ1) is 14.3. The molecule has 3 rings (SSSR count). The van der Waals surface area contributed by atoms with E-state index in [1.807, 2.05) is 11.9 Å². The van der Waals surface area contributed by atoms with Crippen molar-refractivity contribution in [3.8, 4) is 0 Å². The first-order valence-corrected chi connectivity index (χ1v) is 6.85. The van der Waals surface area contributed by atoms with Crippen LogP contribution in [0.15, 0.2) is 24.8 Å². The van der Waals surface area contributed by atoms with Gasteiger partial charge in [-0.3, -0.25) is 4.79 Å². The van der Waals surface area contributed by atoms with E-state index in [4.69, 9.17) is 16.7 Å². The summed E-state index contributed by atoms with van der Waals surface area (Å²) >= 11 is 5.97. The molecular weight excluding hydrogens is 308 g/mol. The van der Waals surface area contributed by atoms with Crippen LogP contribution in [-0.4, -0.2) is 42.6 Å². The second-order valence-corrected chi connectivity index (χ2v) is 5.16. The molecule has 114 valence electrons. The van der Waals surface area contributed by atoms with Gasteiger partial charge in [-0.1, -0.05) is 0 Å². The maximum atomic E-state index is 11.0. The van der Waals surface area contributed by atoms with Crippen molar-refractivity contribution in [2.75, 3.05) is 11.9 Å². The minimum absolute atomic E-state index is 0.118. The Labute approximate surface area is 130 Å². The summed E-state index contributed by atoms with van der Waals surface area (Å²) in [5.74, 6) is -0.370. The van der Waals surface area contributed by atoms with Crippen LogP contribution < -0.4 is 4.90 Å². The van der Waals surface area contributed by atoms with Crippen LogP contribution in [0, 0.1) is 0 Å². The lowest BCUT2D eigenvalue weighted by Crippen LogP contribution is -2.20. The zero-order valence-corrected chi connectivity index (χ0v) is 12.4. The number of fused-ring (bicyclic) bond motifs is 1. The molecule has 3 aromatic rings. The number of aliphatic carboxylic acids is 1. The minimum Gasteiger partial charge on any atom is -0.480 e. The number of nitrogens with zero attached hydrogens (tertiary/aromatic N) is 5. The lowest BCUT2D eigenvalue weighted by molar-refractivity contribution is -0.137. The van der Waals surface area contributed by atoms with Crippen molar-refractivity contribution in [3.63, 3.8) is 0 Å². The van der Waals surface area contributed by atoms with E-state index in [0.717, 1.165) is 5.69 Å². The number of carbonyl (C=O) groups is 1. The molecule has 0 saturated carbocycles. The number of halogens is 1. The molecule has 0 unspecified atom stereocenters. The average Bonchev–Trinajstić information content (AvgIpc) is 3.07. The van der Waals surface area contributed by atoms with E-state index in [1.165, 1.54) is 0 Å². The first-order chi connectivity index (χ1) is 10.5. The van der Waals surface area contributed by atoms with Gasteiger partial charge < -0.3 is 19.6 Å². The Morgan fingerprint density at radius 3 is 3.00 bits per heavy atom. The van der Waals surface area contributed by atoms with Crippen molar-refractivity contribution in [2.24, 2.45) is 0 Å². The molecule has 0 aliphatic heterocycles. The Morgan fingerprint density at radius 1 is 1.50 bits per heavy atom. The summed E-state index contributed by atoms with van der Waals surface area (Å²) in [6.45, 7) is 0.361. The van der Waals surface area contributed by atoms with E-state index in [1.54, 1.807) is 29.4 Å². The molecule has 0 bridgehead atoms. The normalized spacial score (nSPS) is 11.0. The van der Waals surface area contributed by atoms with Crippen molar-refractivity contribution in [2.45, 2.75) is 13.1 Å². The summed E-state index contributed by atoms with van der Waals surface area (Å²) in [4.78, 5) is 28.2. The number of hydrogen-bond acceptors (Lipinski definition) is 5. The highest BCUT2D eigenvalue weighted by atomic mass is 35.5. The van der Waals surface area contributed by atoms with Gasteiger partial charge >= 0.3 is 5.97 Å². The fourth-order valence-corrected chi connectivity index (χ4v) is 2.48. The molecular formula is C13H13ClN6O2. The third-order valence-electron chi connectivity index (χ3n) is 3.19. The smallest absolute Gasteiger partial charge is 0.323 e. The number of hydrogen-bond donors (Lipinski definition) is 2. The highest BCUT2D eigenvalue weighted by molar-refractivity contribution is 6.28. The average molecular weight is 321 g/mol. The van der Waals surface area contributed by atoms with Crippen LogP contribution in [0.25, 0.3) is 11.0 Å². The van der Waals surface area contributed by atoms with E-state index in [-0.39, 0.29) is 11.8 Å². The van der Waals surface area contributed by atoms with Crippen LogP contribution in [0.3, 0.4) is 0 Å². The number of H-pyrrole nitrogens is 1. The highest BCUT2D eigenvalue weighted by Crippen LogP contribution is 2.26. The number of aromatic amines is 1. The number of carboxylic acid groups (broad SMARTS) is 1. The van der Waals surface area contributed by atoms with Crippen LogP contribution in [-0.2, 0) is 17.9 Å². The number of anilines is 1. The molecule has 3 heterocycles. The molecule has 0 aliphatic carbocycles. The fraction of sp³-hybridized carbons (Fsp3) is 0.231. The minimum atomic E-state index is -0.936. The fourth-order valence-electron chi connectivity index (χ4n) is 2.30. The van der Waals surface area contributed by atoms with Crippen LogP contribution in [0.5, 0.6) is 0 Å². The molecule has 0 saturated heterocycles. The summed E-state index contributed by atoms with van der Waals surface area (Å²) in [5.41, 5.74) is 2.14. The second-order valence-electron chi connectivity index (χ2n) is 4.82. The van der Waals surface area contributed by atoms with Crippen LogP contribution in [0.4, 0.5) is 5.82 Å². The van der Waals surface area contributed by atoms with Crippen molar-refractivity contribution < 1.29 is 9.90 Å². The molecule has 0 radical (unpaired) electrons. The van der Waals surface area contributed by atoms with E-state index in [9.17, 15) is 4.79 Å². The summed E-state index contributed by atoms with van der Waals surface area (Å²) in [5, 5.41) is 9.14. The summed E-state index contributed by atoms with van der Waals surface area (Å²) < 4.78 is 1.59. The number of carboxylic acids is 1. The number of nitrogens with one attached hydrogen (secondary N) is 1. The van der Waals surface area contributed by atoms with E-state index in [0.29, 0.717) is 23.4 Å². The molecule has 22 heavy (non-hydrogen) atoms. The molecule has 0 atom stereocenters. The number of rotatable bonds is 5. The molecule has 0 spiro atoms. The quantitative estimate of drug-likeness (QED) is 0.691. The molecule has 3 aromatic heterocycles. The Bertz CT molecular complexity index is 813. The number of aromatic nitrogens is 5. The molecule has 0 aliphatic rings. The molecule has 9 heteroatoms. The Balaban J connectivity index is 2.06. The summed E-state index contributed by atoms with van der Waals surface area (Å²) in [6, 6.07) is 1.72. The van der Waals surface area contributed by atoms with Gasteiger partial charge in [0.25, 0.3) is 0 Å². The van der Waals surface area contributed by atoms with Crippen molar-refractivity contribution in [1.29, 1.82) is 0 Å². The molecule has 0 amide bonds. The predicted octanol–water partition coefficient (Wildman–Crippen LogP) is 1.53. The lowest BCUT2D eigenvalue weighted by atomic mass is 10.3. The third-order valence-corrected chi connectivity index (χ3v) is 3.36. The summed E-state index contributed by atoms with van der Waals surface area (Å²) in [7, 11) is 1.84. The van der Waals surface area contributed by atoms with Gasteiger partial charge in [0.05, 0.1) is 24.1 Å². The van der Waals surface area contributed by atoms with Crippen LogP contribution >= 0.6 is 11.6 Å². The zero-order valence-electron chi connectivity index (χ0n) is 11.7. The maximum Gasteiger partial charge on any atom is 0.323 e. The Kier molecular flexibility index (Phi) is 3.68.